The van der Waals surface area contributed by atoms with Crippen molar-refractivity contribution in [2.24, 2.45) is 0 Å². The molecule has 2 heterocycles. The Hall–Kier alpha value is -1.66. The van der Waals surface area contributed by atoms with Crippen LogP contribution in [0.25, 0.3) is 0 Å². The van der Waals surface area contributed by atoms with Crippen LogP contribution in [-0.4, -0.2) is 22.7 Å². The summed E-state index contributed by atoms with van der Waals surface area (Å²) in [5.74, 6) is 0.771. The van der Waals surface area contributed by atoms with Crippen LogP contribution in [0.4, 0.5) is 0 Å². The third kappa shape index (κ3) is 3.21. The molecule has 0 bridgehead atoms. The molecule has 2 aliphatic carbocycles. The third-order valence-corrected chi connectivity index (χ3v) is 7.38. The van der Waals surface area contributed by atoms with Gasteiger partial charge in [-0.3, -0.25) is 4.79 Å². The number of aryl methyl sites for hydroxylation is 1. The van der Waals surface area contributed by atoms with E-state index in [4.69, 9.17) is 4.52 Å². The van der Waals surface area contributed by atoms with E-state index in [0.29, 0.717) is 12.2 Å². The molecule has 0 spiro atoms. The van der Waals surface area contributed by atoms with E-state index >= 15 is 0 Å². The molecule has 2 aliphatic rings. The summed E-state index contributed by atoms with van der Waals surface area (Å²) in [6.45, 7) is 2.42. The van der Waals surface area contributed by atoms with Gasteiger partial charge in [-0.1, -0.05) is 18.0 Å². The van der Waals surface area contributed by atoms with Crippen molar-refractivity contribution < 1.29 is 14.4 Å². The maximum atomic E-state index is 12.8. The van der Waals surface area contributed by atoms with E-state index in [9.17, 15) is 9.90 Å². The zero-order valence-corrected chi connectivity index (χ0v) is 16.0. The molecule has 26 heavy (non-hydrogen) atoms. The molecule has 0 saturated heterocycles. The average molecular weight is 375 g/mol. The molecular formula is C20H26N2O3S. The molecule has 0 aromatic carbocycles. The Morgan fingerprint density at radius 1 is 1.31 bits per heavy atom. The number of fused-ring (bicyclic) bond motifs is 1. The minimum atomic E-state index is -0.441. The smallest absolute Gasteiger partial charge is 0.273 e. The van der Waals surface area contributed by atoms with Crippen molar-refractivity contribution in [2.75, 3.05) is 6.54 Å². The molecule has 1 saturated carbocycles. The molecule has 0 aliphatic heterocycles. The van der Waals surface area contributed by atoms with Gasteiger partial charge in [0.2, 0.25) is 0 Å². The highest BCUT2D eigenvalue weighted by molar-refractivity contribution is 7.12. The van der Waals surface area contributed by atoms with E-state index in [1.54, 1.807) is 18.3 Å². The van der Waals surface area contributed by atoms with Gasteiger partial charge < -0.3 is 14.9 Å². The number of rotatable bonds is 5. The fraction of sp³-hybridized carbons (Fsp3) is 0.600. The Balaban J connectivity index is 1.50. The Morgan fingerprint density at radius 3 is 2.81 bits per heavy atom. The van der Waals surface area contributed by atoms with Crippen LogP contribution in [0.5, 0.6) is 0 Å². The maximum absolute atomic E-state index is 12.8. The number of carbonyl (C=O) groups excluding carboxylic acids is 1. The molecule has 140 valence electrons. The minimum Gasteiger partial charge on any atom is -0.388 e. The van der Waals surface area contributed by atoms with Crippen molar-refractivity contribution in [2.45, 2.75) is 69.8 Å². The predicted octanol–water partition coefficient (Wildman–Crippen LogP) is 3.91. The van der Waals surface area contributed by atoms with Crippen LogP contribution in [-0.2, 0) is 18.3 Å². The summed E-state index contributed by atoms with van der Waals surface area (Å²) in [5.41, 5.74) is 1.46. The molecule has 1 amide bonds. The van der Waals surface area contributed by atoms with Crippen molar-refractivity contribution >= 4 is 17.2 Å². The maximum Gasteiger partial charge on any atom is 0.273 e. The van der Waals surface area contributed by atoms with Gasteiger partial charge in [-0.05, 0) is 51.2 Å². The molecule has 6 heteroatoms. The summed E-state index contributed by atoms with van der Waals surface area (Å²) in [5, 5.41) is 17.0. The first-order valence-electron chi connectivity index (χ1n) is 9.63. The molecular weight excluding hydrogens is 348 g/mol. The van der Waals surface area contributed by atoms with Crippen molar-refractivity contribution in [3.8, 4) is 0 Å². The Kier molecular flexibility index (Phi) is 4.88. The number of nitrogens with zero attached hydrogens (tertiary/aromatic N) is 1. The number of nitrogens with one attached hydrogen (secondary N) is 1. The highest BCUT2D eigenvalue weighted by atomic mass is 32.1. The summed E-state index contributed by atoms with van der Waals surface area (Å²) >= 11 is 1.67. The van der Waals surface area contributed by atoms with Crippen molar-refractivity contribution in [3.63, 3.8) is 0 Å². The van der Waals surface area contributed by atoms with Gasteiger partial charge in [-0.15, -0.1) is 11.3 Å². The Labute approximate surface area is 157 Å². The first-order chi connectivity index (χ1) is 12.6. The largest absolute Gasteiger partial charge is 0.388 e. The quantitative estimate of drug-likeness (QED) is 0.832. The van der Waals surface area contributed by atoms with Crippen LogP contribution >= 0.6 is 11.3 Å². The van der Waals surface area contributed by atoms with Crippen molar-refractivity contribution in [1.29, 1.82) is 0 Å². The third-order valence-electron chi connectivity index (χ3n) is 5.87. The molecule has 1 fully saturated rings. The number of amides is 1. The minimum absolute atomic E-state index is 0.0166. The number of carbonyl (C=O) groups is 1. The van der Waals surface area contributed by atoms with E-state index in [1.165, 1.54) is 17.7 Å². The van der Waals surface area contributed by atoms with Gasteiger partial charge >= 0.3 is 0 Å². The van der Waals surface area contributed by atoms with Crippen LogP contribution in [0.2, 0.25) is 0 Å². The summed E-state index contributed by atoms with van der Waals surface area (Å²) in [7, 11) is 0. The second kappa shape index (κ2) is 7.16. The SMILES string of the molecule is CC(O)c1ccc(C2(CNC(=O)c3noc4c3CCCC4)CCCC2)s1. The van der Waals surface area contributed by atoms with Crippen LogP contribution in [0, 0.1) is 0 Å². The monoisotopic (exact) mass is 374 g/mol. The number of aliphatic hydroxyl groups is 1. The molecule has 2 aromatic rings. The lowest BCUT2D eigenvalue weighted by atomic mass is 9.84. The molecule has 4 rings (SSSR count). The van der Waals surface area contributed by atoms with Gasteiger partial charge in [-0.2, -0.15) is 0 Å². The van der Waals surface area contributed by atoms with Crippen LogP contribution in [0.15, 0.2) is 16.7 Å². The number of aromatic nitrogens is 1. The van der Waals surface area contributed by atoms with Gasteiger partial charge in [0.05, 0.1) is 6.10 Å². The fourth-order valence-corrected chi connectivity index (χ4v) is 5.51. The normalized spacial score (nSPS) is 19.9. The number of aliphatic hydroxyl groups excluding tert-OH is 1. The van der Waals surface area contributed by atoms with E-state index in [1.807, 2.05) is 6.07 Å². The van der Waals surface area contributed by atoms with E-state index in [2.05, 4.69) is 16.5 Å². The van der Waals surface area contributed by atoms with Crippen LogP contribution in [0.3, 0.4) is 0 Å². The second-order valence-electron chi connectivity index (χ2n) is 7.69. The van der Waals surface area contributed by atoms with Gasteiger partial charge in [-0.25, -0.2) is 0 Å². The number of hydrogen-bond donors (Lipinski definition) is 2. The first kappa shape index (κ1) is 17.7. The molecule has 0 radical (unpaired) electrons. The zero-order chi connectivity index (χ0) is 18.1. The zero-order valence-electron chi connectivity index (χ0n) is 15.2. The number of hydrogen-bond acceptors (Lipinski definition) is 5. The second-order valence-corrected chi connectivity index (χ2v) is 8.80. The summed E-state index contributed by atoms with van der Waals surface area (Å²) < 4.78 is 5.38. The van der Waals surface area contributed by atoms with Crippen LogP contribution in [0.1, 0.15) is 83.1 Å². The predicted molar refractivity (Wildman–Crippen MR) is 101 cm³/mol. The Bertz CT molecular complexity index is 787. The van der Waals surface area contributed by atoms with Gasteiger partial charge in [0, 0.05) is 33.7 Å². The summed E-state index contributed by atoms with van der Waals surface area (Å²) in [6, 6.07) is 4.14. The summed E-state index contributed by atoms with van der Waals surface area (Å²) in [6.07, 6.45) is 8.03. The molecule has 5 nitrogen and oxygen atoms in total. The fourth-order valence-electron chi connectivity index (χ4n) is 4.32. The topological polar surface area (TPSA) is 75.4 Å². The molecule has 1 atom stereocenters. The molecule has 2 aromatic heterocycles. The highest BCUT2D eigenvalue weighted by Crippen LogP contribution is 2.44. The van der Waals surface area contributed by atoms with Gasteiger partial charge in [0.1, 0.15) is 5.76 Å². The van der Waals surface area contributed by atoms with E-state index < -0.39 is 6.10 Å². The Morgan fingerprint density at radius 2 is 2.08 bits per heavy atom. The van der Waals surface area contributed by atoms with Crippen molar-refractivity contribution in [1.82, 2.24) is 10.5 Å². The molecule has 1 unspecified atom stereocenters. The lowest BCUT2D eigenvalue weighted by Gasteiger charge is -2.28. The van der Waals surface area contributed by atoms with Gasteiger partial charge in [0.15, 0.2) is 5.69 Å². The molecule has 2 N–H and O–H groups in total. The van der Waals surface area contributed by atoms with E-state index in [0.717, 1.165) is 54.7 Å². The lowest BCUT2D eigenvalue weighted by molar-refractivity contribution is 0.0933. The van der Waals surface area contributed by atoms with Crippen LogP contribution < -0.4 is 5.32 Å². The lowest BCUT2D eigenvalue weighted by Crippen LogP contribution is -2.39. The van der Waals surface area contributed by atoms with Crippen molar-refractivity contribution in [3.05, 3.63) is 38.9 Å². The number of thiophene rings is 1. The first-order valence-corrected chi connectivity index (χ1v) is 10.4. The standard InChI is InChI=1S/C20H26N2O3S/c1-13(23)16-8-9-17(26-16)20(10-4-5-11-20)12-21-19(24)18-14-6-2-3-7-15(14)25-22-18/h8-9,13,23H,2-7,10-12H2,1H3,(H,21,24). The van der Waals surface area contributed by atoms with Gasteiger partial charge in [0.25, 0.3) is 5.91 Å². The van der Waals surface area contributed by atoms with E-state index in [-0.39, 0.29) is 11.3 Å². The average Bonchev–Trinajstić information content (AvgIpc) is 3.38. The highest BCUT2D eigenvalue weighted by Gasteiger charge is 2.38. The summed E-state index contributed by atoms with van der Waals surface area (Å²) in [4.78, 5) is 15.0.